The first-order chi connectivity index (χ1) is 10.1. The number of carbonyl (C=O) groups excluding carboxylic acids is 1. The second kappa shape index (κ2) is 5.97. The number of halogens is 1. The number of nitrogens with one attached hydrogen (secondary N) is 1. The van der Waals surface area contributed by atoms with Gasteiger partial charge in [0.2, 0.25) is 0 Å². The number of nitrogens with zero attached hydrogens (tertiary/aromatic N) is 1. The van der Waals surface area contributed by atoms with Gasteiger partial charge in [-0.1, -0.05) is 17.7 Å². The predicted octanol–water partition coefficient (Wildman–Crippen LogP) is 5.09. The molecule has 0 aliphatic heterocycles. The topological polar surface area (TPSA) is 42.0 Å². The Labute approximate surface area is 135 Å². The quantitative estimate of drug-likeness (QED) is 0.725. The van der Waals surface area contributed by atoms with Crippen LogP contribution in [0.2, 0.25) is 5.02 Å². The molecular formula is C15H11ClN2OS2. The molecule has 0 spiro atoms. The van der Waals surface area contributed by atoms with Gasteiger partial charge in [0.1, 0.15) is 10.7 Å². The predicted molar refractivity (Wildman–Crippen MR) is 89.6 cm³/mol. The molecule has 0 atom stereocenters. The van der Waals surface area contributed by atoms with Crippen LogP contribution in [0.3, 0.4) is 0 Å². The molecule has 106 valence electrons. The van der Waals surface area contributed by atoms with Gasteiger partial charge in [0.05, 0.1) is 4.88 Å². The first-order valence-corrected chi connectivity index (χ1v) is 8.28. The number of amides is 1. The van der Waals surface area contributed by atoms with Crippen molar-refractivity contribution in [2.75, 3.05) is 5.32 Å². The lowest BCUT2D eigenvalue weighted by Gasteiger charge is -2.02. The van der Waals surface area contributed by atoms with Crippen LogP contribution in [0.4, 0.5) is 5.69 Å². The van der Waals surface area contributed by atoms with E-state index >= 15 is 0 Å². The van der Waals surface area contributed by atoms with E-state index in [1.54, 1.807) is 41.0 Å². The molecule has 21 heavy (non-hydrogen) atoms. The number of rotatable bonds is 3. The van der Waals surface area contributed by atoms with Crippen LogP contribution in [-0.2, 0) is 0 Å². The monoisotopic (exact) mass is 334 g/mol. The summed E-state index contributed by atoms with van der Waals surface area (Å²) < 4.78 is 0. The third-order valence-electron chi connectivity index (χ3n) is 2.77. The van der Waals surface area contributed by atoms with Gasteiger partial charge in [-0.05, 0) is 37.3 Å². The number of hydrogen-bond donors (Lipinski definition) is 1. The molecule has 3 nitrogen and oxygen atoms in total. The fourth-order valence-corrected chi connectivity index (χ4v) is 3.73. The molecule has 2 heterocycles. The SMILES string of the molecule is Cc1ccc(-c2nc(C(=O)Nc3cccc(Cl)c3)cs2)s1. The number of aryl methyl sites for hydroxylation is 1. The molecule has 0 fully saturated rings. The van der Waals surface area contributed by atoms with Crippen molar-refractivity contribution in [1.82, 2.24) is 4.98 Å². The third-order valence-corrected chi connectivity index (χ3v) is 5.02. The smallest absolute Gasteiger partial charge is 0.275 e. The van der Waals surface area contributed by atoms with Crippen LogP contribution in [0.15, 0.2) is 41.8 Å². The van der Waals surface area contributed by atoms with Crippen molar-refractivity contribution < 1.29 is 4.79 Å². The van der Waals surface area contributed by atoms with E-state index in [1.807, 2.05) is 12.1 Å². The van der Waals surface area contributed by atoms with E-state index in [9.17, 15) is 4.79 Å². The van der Waals surface area contributed by atoms with E-state index in [4.69, 9.17) is 11.6 Å². The van der Waals surface area contributed by atoms with Crippen LogP contribution in [0, 0.1) is 6.92 Å². The molecule has 0 saturated carbocycles. The number of aromatic nitrogens is 1. The van der Waals surface area contributed by atoms with Crippen molar-refractivity contribution in [1.29, 1.82) is 0 Å². The van der Waals surface area contributed by atoms with E-state index in [2.05, 4.69) is 17.2 Å². The summed E-state index contributed by atoms with van der Waals surface area (Å²) in [5.74, 6) is -0.229. The minimum Gasteiger partial charge on any atom is -0.321 e. The molecule has 6 heteroatoms. The van der Waals surface area contributed by atoms with E-state index in [1.165, 1.54) is 16.2 Å². The average molecular weight is 335 g/mol. The molecule has 1 aromatic carbocycles. The Balaban J connectivity index is 1.78. The maximum atomic E-state index is 12.2. The summed E-state index contributed by atoms with van der Waals surface area (Å²) in [7, 11) is 0. The molecule has 0 saturated heterocycles. The van der Waals surface area contributed by atoms with Gasteiger partial charge in [-0.15, -0.1) is 22.7 Å². The summed E-state index contributed by atoms with van der Waals surface area (Å²) in [5.41, 5.74) is 1.08. The Hall–Kier alpha value is -1.69. The molecule has 1 amide bonds. The van der Waals surface area contributed by atoms with Gasteiger partial charge in [0.15, 0.2) is 0 Å². The lowest BCUT2D eigenvalue weighted by molar-refractivity contribution is 0.102. The minimum absolute atomic E-state index is 0.229. The fraction of sp³-hybridized carbons (Fsp3) is 0.0667. The van der Waals surface area contributed by atoms with Crippen molar-refractivity contribution in [2.24, 2.45) is 0 Å². The van der Waals surface area contributed by atoms with Crippen molar-refractivity contribution in [3.63, 3.8) is 0 Å². The maximum absolute atomic E-state index is 12.2. The molecule has 0 bridgehead atoms. The number of carbonyl (C=O) groups is 1. The highest BCUT2D eigenvalue weighted by Gasteiger charge is 2.13. The largest absolute Gasteiger partial charge is 0.321 e. The lowest BCUT2D eigenvalue weighted by Crippen LogP contribution is -2.12. The zero-order chi connectivity index (χ0) is 14.8. The summed E-state index contributed by atoms with van der Waals surface area (Å²) in [5, 5.41) is 6.01. The second-order valence-corrected chi connectivity index (χ2v) is 7.00. The van der Waals surface area contributed by atoms with Crippen LogP contribution in [-0.4, -0.2) is 10.9 Å². The Morgan fingerprint density at radius 2 is 2.14 bits per heavy atom. The van der Waals surface area contributed by atoms with Crippen molar-refractivity contribution >= 4 is 45.9 Å². The molecule has 0 radical (unpaired) electrons. The maximum Gasteiger partial charge on any atom is 0.275 e. The Kier molecular flexibility index (Phi) is 4.05. The fourth-order valence-electron chi connectivity index (χ4n) is 1.80. The van der Waals surface area contributed by atoms with Crippen molar-refractivity contribution in [3.8, 4) is 9.88 Å². The Bertz CT molecular complexity index is 794. The van der Waals surface area contributed by atoms with Crippen LogP contribution in [0.1, 0.15) is 15.4 Å². The van der Waals surface area contributed by atoms with Crippen molar-refractivity contribution in [2.45, 2.75) is 6.92 Å². The number of thiazole rings is 1. The summed E-state index contributed by atoms with van der Waals surface area (Å²) >= 11 is 9.04. The number of anilines is 1. The van der Waals surface area contributed by atoms with Gasteiger partial charge < -0.3 is 5.32 Å². The molecule has 3 aromatic rings. The molecule has 0 aliphatic carbocycles. The summed E-state index contributed by atoms with van der Waals surface area (Å²) in [6.45, 7) is 2.05. The van der Waals surface area contributed by atoms with Gasteiger partial charge in [-0.25, -0.2) is 4.98 Å². The standard InChI is InChI=1S/C15H11ClN2OS2/c1-9-5-6-13(21-9)15-18-12(8-20-15)14(19)17-11-4-2-3-10(16)7-11/h2-8H,1H3,(H,17,19). The first kappa shape index (κ1) is 14.3. The van der Waals surface area contributed by atoms with Gasteiger partial charge in [-0.3, -0.25) is 4.79 Å². The zero-order valence-electron chi connectivity index (χ0n) is 11.1. The van der Waals surface area contributed by atoms with Crippen LogP contribution >= 0.6 is 34.3 Å². The summed E-state index contributed by atoms with van der Waals surface area (Å²) in [6.07, 6.45) is 0. The van der Waals surface area contributed by atoms with E-state index in [0.717, 1.165) is 9.88 Å². The van der Waals surface area contributed by atoms with Crippen LogP contribution in [0.5, 0.6) is 0 Å². The van der Waals surface area contributed by atoms with Crippen molar-refractivity contribution in [3.05, 3.63) is 57.4 Å². The minimum atomic E-state index is -0.229. The summed E-state index contributed by atoms with van der Waals surface area (Å²) in [6, 6.07) is 11.1. The van der Waals surface area contributed by atoms with E-state index in [-0.39, 0.29) is 5.91 Å². The lowest BCUT2D eigenvalue weighted by atomic mass is 10.3. The number of hydrogen-bond acceptors (Lipinski definition) is 4. The Morgan fingerprint density at radius 3 is 2.86 bits per heavy atom. The molecule has 1 N–H and O–H groups in total. The van der Waals surface area contributed by atoms with E-state index < -0.39 is 0 Å². The van der Waals surface area contributed by atoms with E-state index in [0.29, 0.717) is 16.4 Å². The first-order valence-electron chi connectivity index (χ1n) is 6.21. The zero-order valence-corrected chi connectivity index (χ0v) is 13.5. The Morgan fingerprint density at radius 1 is 1.29 bits per heavy atom. The molecule has 3 rings (SSSR count). The van der Waals surface area contributed by atoms with Crippen LogP contribution < -0.4 is 5.32 Å². The van der Waals surface area contributed by atoms with Gasteiger partial charge in [-0.2, -0.15) is 0 Å². The highest BCUT2D eigenvalue weighted by atomic mass is 35.5. The van der Waals surface area contributed by atoms with Gasteiger partial charge >= 0.3 is 0 Å². The highest BCUT2D eigenvalue weighted by molar-refractivity contribution is 7.21. The molecule has 0 aliphatic rings. The number of benzene rings is 1. The molecular weight excluding hydrogens is 324 g/mol. The third kappa shape index (κ3) is 3.32. The number of thiophene rings is 1. The van der Waals surface area contributed by atoms with Gasteiger partial charge in [0, 0.05) is 21.0 Å². The second-order valence-electron chi connectivity index (χ2n) is 4.41. The highest BCUT2D eigenvalue weighted by Crippen LogP contribution is 2.30. The molecule has 2 aromatic heterocycles. The normalized spacial score (nSPS) is 10.6. The molecule has 0 unspecified atom stereocenters. The average Bonchev–Trinajstić information content (AvgIpc) is 3.07. The van der Waals surface area contributed by atoms with Gasteiger partial charge in [0.25, 0.3) is 5.91 Å². The summed E-state index contributed by atoms with van der Waals surface area (Å²) in [4.78, 5) is 18.9. The van der Waals surface area contributed by atoms with Crippen LogP contribution in [0.25, 0.3) is 9.88 Å².